The molecule has 0 saturated carbocycles. The molecule has 59 heavy (non-hydrogen) atoms. The molecule has 0 aliphatic carbocycles. The van der Waals surface area contributed by atoms with Crippen molar-refractivity contribution < 1.29 is 28.5 Å². The van der Waals surface area contributed by atoms with Crippen LogP contribution in [0.25, 0.3) is 0 Å². The number of rotatable bonds is 6. The Labute approximate surface area is 354 Å². The van der Waals surface area contributed by atoms with Crippen LogP contribution in [0.1, 0.15) is 88.3 Å². The molecule has 6 atom stereocenters. The van der Waals surface area contributed by atoms with E-state index in [1.54, 1.807) is 12.4 Å². The first-order chi connectivity index (χ1) is 27.7. The highest BCUT2D eigenvalue weighted by Gasteiger charge is 2.42. The van der Waals surface area contributed by atoms with Crippen molar-refractivity contribution in [2.45, 2.75) is 109 Å². The lowest BCUT2D eigenvalue weighted by Gasteiger charge is -2.51. The standard InChI is InChI=1S/C25H31N3O4.C20H23N3O2.CH4.ClH/c1-25(2,3)32-24(29)28-15-19-10-11-20(28)14-27(19)13-17-6-8-18(9-7-17)22-16-30-21-5-4-12-26-23(21)31-22;1-2-18-20(21-9-1)25-19(13-24-18)15-5-3-14(4-6-15)11-23-12-16-7-8-17(23)10-22-16;;/h4-9,12,19-20,22H,10-11,13-16H2,1-3H3;1-6,9,16-17,19,22H,7-8,10-13H2;1H4;1H/t19-,20-,22+;16-,17-,19+;;/m00../s1. The molecule has 12 nitrogen and oxygen atoms in total. The molecule has 1 amide bonds. The van der Waals surface area contributed by atoms with Gasteiger partial charge in [-0.25, -0.2) is 14.8 Å². The number of nitrogens with one attached hydrogen (secondary N) is 1. The number of aromatic nitrogens is 2. The average molecular weight is 827 g/mol. The quantitative estimate of drug-likeness (QED) is 0.206. The third-order valence-electron chi connectivity index (χ3n) is 12.0. The fourth-order valence-electron chi connectivity index (χ4n) is 8.94. The minimum absolute atomic E-state index is 0. The number of piperazine rings is 2. The van der Waals surface area contributed by atoms with Gasteiger partial charge < -0.3 is 33.9 Å². The number of halogens is 1. The number of carbonyl (C=O) groups excluding carboxylic acids is 1. The zero-order valence-corrected chi connectivity index (χ0v) is 34.4. The van der Waals surface area contributed by atoms with E-state index in [1.807, 2.05) is 49.9 Å². The van der Waals surface area contributed by atoms with Gasteiger partial charge in [-0.3, -0.25) is 9.80 Å². The lowest BCUT2D eigenvalue weighted by Crippen LogP contribution is -2.63. The second-order valence-corrected chi connectivity index (χ2v) is 17.1. The van der Waals surface area contributed by atoms with Crippen molar-refractivity contribution in [1.29, 1.82) is 0 Å². The van der Waals surface area contributed by atoms with Crippen molar-refractivity contribution in [3.05, 3.63) is 107 Å². The molecule has 4 bridgehead atoms. The van der Waals surface area contributed by atoms with Gasteiger partial charge in [0.25, 0.3) is 11.8 Å². The first-order valence-corrected chi connectivity index (χ1v) is 20.6. The van der Waals surface area contributed by atoms with Gasteiger partial charge in [-0.05, 0) is 93.0 Å². The Balaban J connectivity index is 0.000000178. The van der Waals surface area contributed by atoms with E-state index in [4.69, 9.17) is 23.7 Å². The van der Waals surface area contributed by atoms with E-state index in [0.29, 0.717) is 48.8 Å². The molecule has 6 fully saturated rings. The Hall–Kier alpha value is -4.62. The second-order valence-electron chi connectivity index (χ2n) is 17.1. The second kappa shape index (κ2) is 18.3. The maximum absolute atomic E-state index is 12.6. The Morgan fingerprint density at radius 3 is 1.69 bits per heavy atom. The highest BCUT2D eigenvalue weighted by molar-refractivity contribution is 5.85. The van der Waals surface area contributed by atoms with E-state index >= 15 is 0 Å². The van der Waals surface area contributed by atoms with Crippen molar-refractivity contribution >= 4 is 18.5 Å². The van der Waals surface area contributed by atoms with Crippen molar-refractivity contribution in [3.63, 3.8) is 0 Å². The molecule has 2 aromatic heterocycles. The summed E-state index contributed by atoms with van der Waals surface area (Å²) in [6, 6.07) is 26.8. The zero-order valence-electron chi connectivity index (χ0n) is 33.6. The molecule has 0 radical (unpaired) electrons. The molecule has 8 aliphatic heterocycles. The number of hydrogen-bond donors (Lipinski definition) is 1. The molecule has 13 heteroatoms. The number of amides is 1. The Morgan fingerprint density at radius 1 is 0.712 bits per heavy atom. The minimum Gasteiger partial charge on any atom is -0.484 e. The summed E-state index contributed by atoms with van der Waals surface area (Å²) in [6.07, 6.45) is 7.85. The smallest absolute Gasteiger partial charge is 0.410 e. The number of carbonyl (C=O) groups is 1. The highest BCUT2D eigenvalue weighted by Crippen LogP contribution is 2.36. The Morgan fingerprint density at radius 2 is 1.24 bits per heavy atom. The summed E-state index contributed by atoms with van der Waals surface area (Å²) in [6.45, 7) is 12.6. The molecule has 6 saturated heterocycles. The number of nitrogens with zero attached hydrogens (tertiary/aromatic N) is 5. The monoisotopic (exact) mass is 826 g/mol. The van der Waals surface area contributed by atoms with Gasteiger partial charge >= 0.3 is 6.09 Å². The van der Waals surface area contributed by atoms with E-state index in [1.165, 1.54) is 30.5 Å². The van der Waals surface area contributed by atoms with E-state index in [2.05, 4.69) is 73.6 Å². The number of ether oxygens (including phenoxy) is 5. The van der Waals surface area contributed by atoms with Crippen LogP contribution < -0.4 is 24.3 Å². The molecule has 10 heterocycles. The molecule has 8 aliphatic rings. The average Bonchev–Trinajstić information content (AvgIpc) is 3.24. The number of hydrogen-bond acceptors (Lipinski definition) is 11. The summed E-state index contributed by atoms with van der Waals surface area (Å²) < 4.78 is 29.2. The van der Waals surface area contributed by atoms with Crippen LogP contribution in [0.4, 0.5) is 4.79 Å². The van der Waals surface area contributed by atoms with Gasteiger partial charge in [0.05, 0.1) is 0 Å². The van der Waals surface area contributed by atoms with Crippen LogP contribution >= 0.6 is 12.4 Å². The largest absolute Gasteiger partial charge is 0.484 e. The van der Waals surface area contributed by atoms with Gasteiger partial charge in [-0.1, -0.05) is 56.0 Å². The predicted octanol–water partition coefficient (Wildman–Crippen LogP) is 7.77. The molecule has 0 unspecified atom stereocenters. The Kier molecular flexibility index (Phi) is 13.2. The van der Waals surface area contributed by atoms with Crippen molar-refractivity contribution in [3.8, 4) is 23.3 Å². The SMILES string of the molecule is C.CC(C)(C)OC(=O)N1C[C@@H]2CC[C@H]1CN2Cc1ccc([C@H]2COc3cccnc3O2)cc1.Cl.c1cnc2c(c1)OC[C@H](c1ccc(CN3C[C@@H]4CC[C@H]3CN4)cc1)O2. The summed E-state index contributed by atoms with van der Waals surface area (Å²) in [5.74, 6) is 2.55. The van der Waals surface area contributed by atoms with Gasteiger partial charge in [0.2, 0.25) is 0 Å². The van der Waals surface area contributed by atoms with Crippen LogP contribution in [0.2, 0.25) is 0 Å². The topological polar surface area (TPSA) is 111 Å². The van der Waals surface area contributed by atoms with Gasteiger partial charge in [-0.2, -0.15) is 0 Å². The number of pyridine rings is 2. The molecule has 2 aromatic carbocycles. The first kappa shape index (κ1) is 42.5. The molecule has 4 aromatic rings. The maximum atomic E-state index is 12.6. The Bertz CT molecular complexity index is 2010. The van der Waals surface area contributed by atoms with Gasteiger partial charge in [0.15, 0.2) is 23.7 Å². The fraction of sp³-hybridized carbons (Fsp3) is 0.500. The minimum atomic E-state index is -0.458. The molecule has 0 spiro atoms. The predicted molar refractivity (Wildman–Crippen MR) is 228 cm³/mol. The third-order valence-corrected chi connectivity index (χ3v) is 12.0. The molecular formula is C46H59ClN6O6. The first-order valence-electron chi connectivity index (χ1n) is 20.6. The normalized spacial score (nSPS) is 25.4. The summed E-state index contributed by atoms with van der Waals surface area (Å²) >= 11 is 0. The van der Waals surface area contributed by atoms with Crippen LogP contribution in [-0.2, 0) is 17.8 Å². The van der Waals surface area contributed by atoms with E-state index in [9.17, 15) is 4.79 Å². The lowest BCUT2D eigenvalue weighted by molar-refractivity contribution is -0.0436. The van der Waals surface area contributed by atoms with Gasteiger partial charge in [-0.15, -0.1) is 12.4 Å². The van der Waals surface area contributed by atoms with Crippen molar-refractivity contribution in [2.75, 3.05) is 39.4 Å². The molecule has 316 valence electrons. The van der Waals surface area contributed by atoms with Crippen LogP contribution in [0.3, 0.4) is 0 Å². The molecular weight excluding hydrogens is 768 g/mol. The summed E-state index contributed by atoms with van der Waals surface area (Å²) in [7, 11) is 0. The summed E-state index contributed by atoms with van der Waals surface area (Å²) in [5, 5.41) is 3.62. The number of fused-ring (bicyclic) bond motifs is 8. The van der Waals surface area contributed by atoms with E-state index in [-0.39, 0.29) is 44.2 Å². The van der Waals surface area contributed by atoms with E-state index < -0.39 is 5.60 Å². The van der Waals surface area contributed by atoms with Crippen LogP contribution in [0.5, 0.6) is 23.3 Å². The van der Waals surface area contributed by atoms with Crippen molar-refractivity contribution in [1.82, 2.24) is 30.0 Å². The number of piperidine rings is 4. The van der Waals surface area contributed by atoms with Crippen LogP contribution in [0.15, 0.2) is 85.2 Å². The van der Waals surface area contributed by atoms with Crippen LogP contribution in [-0.4, -0.2) is 99.9 Å². The van der Waals surface area contributed by atoms with E-state index in [0.717, 1.165) is 62.4 Å². The van der Waals surface area contributed by atoms with Gasteiger partial charge in [0.1, 0.15) is 18.8 Å². The highest BCUT2D eigenvalue weighted by atomic mass is 35.5. The molecule has 12 rings (SSSR count). The number of benzene rings is 2. The van der Waals surface area contributed by atoms with Crippen LogP contribution in [0, 0.1) is 0 Å². The van der Waals surface area contributed by atoms with Crippen molar-refractivity contribution in [2.24, 2.45) is 0 Å². The maximum Gasteiger partial charge on any atom is 0.410 e. The zero-order chi connectivity index (χ0) is 38.9. The summed E-state index contributed by atoms with van der Waals surface area (Å²) in [4.78, 5) is 28.2. The fourth-order valence-corrected chi connectivity index (χ4v) is 8.94. The third kappa shape index (κ3) is 9.89. The summed E-state index contributed by atoms with van der Waals surface area (Å²) in [5.41, 5.74) is 4.40. The van der Waals surface area contributed by atoms with Gasteiger partial charge in [0, 0.05) is 75.8 Å². The molecule has 1 N–H and O–H groups in total. The lowest BCUT2D eigenvalue weighted by atomic mass is 9.90.